The van der Waals surface area contributed by atoms with E-state index in [0.29, 0.717) is 11.4 Å². The van der Waals surface area contributed by atoms with E-state index in [0.717, 1.165) is 6.42 Å². The lowest BCUT2D eigenvalue weighted by atomic mass is 10.2. The molecule has 1 aromatic heterocycles. The van der Waals surface area contributed by atoms with Gasteiger partial charge in [0.1, 0.15) is 11.7 Å². The summed E-state index contributed by atoms with van der Waals surface area (Å²) in [5.41, 5.74) is 0.530. The van der Waals surface area contributed by atoms with Gasteiger partial charge in [0.15, 0.2) is 0 Å². The molecule has 0 spiro atoms. The van der Waals surface area contributed by atoms with Crippen LogP contribution in [0.25, 0.3) is 0 Å². The van der Waals surface area contributed by atoms with Gasteiger partial charge in [-0.3, -0.25) is 4.79 Å². The molecule has 0 aromatic carbocycles. The van der Waals surface area contributed by atoms with E-state index in [1.54, 1.807) is 29.9 Å². The van der Waals surface area contributed by atoms with Crippen LogP contribution in [0.3, 0.4) is 0 Å². The number of carboxylic acid groups (broad SMARTS) is 1. The van der Waals surface area contributed by atoms with Gasteiger partial charge in [0.25, 0.3) is 5.91 Å². The van der Waals surface area contributed by atoms with Crippen LogP contribution >= 0.6 is 11.8 Å². The molecule has 1 fully saturated rings. The summed E-state index contributed by atoms with van der Waals surface area (Å²) in [6.07, 6.45) is 2.54. The predicted molar refractivity (Wildman–Crippen MR) is 69.5 cm³/mol. The van der Waals surface area contributed by atoms with Crippen molar-refractivity contribution < 1.29 is 14.7 Å². The molecule has 2 rings (SSSR count). The number of aliphatic carboxylic acids is 1. The number of hydrogen-bond acceptors (Lipinski definition) is 3. The third-order valence-corrected chi connectivity index (χ3v) is 4.58. The van der Waals surface area contributed by atoms with E-state index < -0.39 is 12.0 Å². The van der Waals surface area contributed by atoms with Crippen LogP contribution in [0.5, 0.6) is 0 Å². The molecule has 2 atom stereocenters. The summed E-state index contributed by atoms with van der Waals surface area (Å²) in [4.78, 5) is 25.2. The van der Waals surface area contributed by atoms with Crippen molar-refractivity contribution in [2.45, 2.75) is 24.8 Å². The van der Waals surface area contributed by atoms with E-state index in [2.05, 4.69) is 0 Å². The van der Waals surface area contributed by atoms with Gasteiger partial charge in [0.2, 0.25) is 0 Å². The highest BCUT2D eigenvalue weighted by molar-refractivity contribution is 8.00. The highest BCUT2D eigenvalue weighted by Crippen LogP contribution is 2.32. The van der Waals surface area contributed by atoms with Crippen molar-refractivity contribution in [3.63, 3.8) is 0 Å². The minimum atomic E-state index is -0.930. The lowest BCUT2D eigenvalue weighted by Gasteiger charge is -2.26. The van der Waals surface area contributed by atoms with E-state index in [1.165, 1.54) is 16.7 Å². The van der Waals surface area contributed by atoms with Crippen LogP contribution < -0.4 is 0 Å². The summed E-state index contributed by atoms with van der Waals surface area (Å²) in [6, 6.07) is 2.78. The van der Waals surface area contributed by atoms with Gasteiger partial charge in [-0.15, -0.1) is 11.8 Å². The molecule has 0 saturated carbocycles. The minimum absolute atomic E-state index is 0.0477. The van der Waals surface area contributed by atoms with E-state index >= 15 is 0 Å². The zero-order valence-electron chi connectivity index (χ0n) is 10.4. The maximum Gasteiger partial charge on any atom is 0.327 e. The number of carboxylic acids is 1. The van der Waals surface area contributed by atoms with Crippen LogP contribution in [0.15, 0.2) is 18.3 Å². The Morgan fingerprint density at radius 3 is 2.78 bits per heavy atom. The Hall–Kier alpha value is -1.43. The first kappa shape index (κ1) is 13.0. The third kappa shape index (κ3) is 2.12. The molecular weight excluding hydrogens is 252 g/mol. The number of thioether (sulfide) groups is 1. The maximum absolute atomic E-state index is 12.4. The van der Waals surface area contributed by atoms with Gasteiger partial charge in [-0.05, 0) is 18.6 Å². The zero-order chi connectivity index (χ0) is 13.3. The minimum Gasteiger partial charge on any atom is -0.480 e. The fraction of sp³-hybridized carbons (Fsp3) is 0.500. The fourth-order valence-electron chi connectivity index (χ4n) is 2.16. The summed E-state index contributed by atoms with van der Waals surface area (Å²) in [5, 5.41) is 9.15. The van der Waals surface area contributed by atoms with E-state index in [-0.39, 0.29) is 11.3 Å². The average molecular weight is 268 g/mol. The molecule has 1 aromatic rings. The smallest absolute Gasteiger partial charge is 0.327 e. The van der Waals surface area contributed by atoms with Gasteiger partial charge in [-0.2, -0.15) is 0 Å². The summed E-state index contributed by atoms with van der Waals surface area (Å²) in [7, 11) is 1.78. The second-order valence-electron chi connectivity index (χ2n) is 4.27. The number of amides is 1. The van der Waals surface area contributed by atoms with Crippen LogP contribution in [0.4, 0.5) is 0 Å². The van der Waals surface area contributed by atoms with Gasteiger partial charge in [-0.1, -0.05) is 6.92 Å². The Kier molecular flexibility index (Phi) is 3.65. The second kappa shape index (κ2) is 5.06. The van der Waals surface area contributed by atoms with Crippen molar-refractivity contribution >= 4 is 23.6 Å². The zero-order valence-corrected chi connectivity index (χ0v) is 11.2. The van der Waals surface area contributed by atoms with E-state index in [1.807, 2.05) is 6.92 Å². The molecule has 2 heterocycles. The Bertz CT molecular complexity index is 472. The predicted octanol–water partition coefficient (Wildman–Crippen LogP) is 1.40. The van der Waals surface area contributed by atoms with Gasteiger partial charge in [0, 0.05) is 19.0 Å². The highest BCUT2D eigenvalue weighted by atomic mass is 32.2. The number of aromatic nitrogens is 1. The molecule has 1 saturated heterocycles. The summed E-state index contributed by atoms with van der Waals surface area (Å²) in [6.45, 7) is 1.97. The third-order valence-electron chi connectivity index (χ3n) is 3.12. The summed E-state index contributed by atoms with van der Waals surface area (Å²) >= 11 is 1.53. The molecule has 18 heavy (non-hydrogen) atoms. The first-order valence-corrected chi connectivity index (χ1v) is 6.89. The Morgan fingerprint density at radius 1 is 1.56 bits per heavy atom. The normalized spacial score (nSPS) is 23.3. The van der Waals surface area contributed by atoms with Crippen molar-refractivity contribution in [2.24, 2.45) is 7.05 Å². The van der Waals surface area contributed by atoms with Crippen LogP contribution in [0.2, 0.25) is 0 Å². The monoisotopic (exact) mass is 268 g/mol. The average Bonchev–Trinajstić information content (AvgIpc) is 2.93. The first-order chi connectivity index (χ1) is 8.56. The van der Waals surface area contributed by atoms with Gasteiger partial charge in [-0.25, -0.2) is 4.79 Å². The molecule has 1 amide bonds. The van der Waals surface area contributed by atoms with E-state index in [4.69, 9.17) is 0 Å². The molecule has 2 unspecified atom stereocenters. The maximum atomic E-state index is 12.4. The quantitative estimate of drug-likeness (QED) is 0.900. The van der Waals surface area contributed by atoms with Gasteiger partial charge >= 0.3 is 5.97 Å². The van der Waals surface area contributed by atoms with Gasteiger partial charge < -0.3 is 14.6 Å². The molecular formula is C12H16N2O3S. The van der Waals surface area contributed by atoms with E-state index in [9.17, 15) is 14.7 Å². The fourth-order valence-corrected chi connectivity index (χ4v) is 3.50. The largest absolute Gasteiger partial charge is 0.480 e. The topological polar surface area (TPSA) is 62.5 Å². The molecule has 1 aliphatic heterocycles. The van der Waals surface area contributed by atoms with Crippen molar-refractivity contribution in [1.82, 2.24) is 9.47 Å². The molecule has 0 bridgehead atoms. The summed E-state index contributed by atoms with van der Waals surface area (Å²) in [5.74, 6) is -0.669. The number of carbonyl (C=O) groups is 2. The summed E-state index contributed by atoms with van der Waals surface area (Å²) < 4.78 is 1.72. The Morgan fingerprint density at radius 2 is 2.28 bits per heavy atom. The molecule has 0 radical (unpaired) electrons. The molecule has 6 heteroatoms. The molecule has 5 nitrogen and oxygen atoms in total. The first-order valence-electron chi connectivity index (χ1n) is 5.84. The molecule has 1 aliphatic rings. The number of aryl methyl sites for hydroxylation is 1. The number of nitrogens with zero attached hydrogens (tertiary/aromatic N) is 2. The number of carbonyl (C=O) groups excluding carboxylic acids is 1. The SMILES string of the molecule is CCC1SCC(C(=O)O)N1C(=O)c1cccn1C. The second-order valence-corrected chi connectivity index (χ2v) is 5.48. The van der Waals surface area contributed by atoms with Crippen LogP contribution in [0.1, 0.15) is 23.8 Å². The highest BCUT2D eigenvalue weighted by Gasteiger charge is 2.41. The molecule has 98 valence electrons. The molecule has 1 N–H and O–H groups in total. The lowest BCUT2D eigenvalue weighted by molar-refractivity contribution is -0.141. The van der Waals surface area contributed by atoms with Crippen molar-refractivity contribution in [1.29, 1.82) is 0 Å². The van der Waals surface area contributed by atoms with Crippen LogP contribution in [0, 0.1) is 0 Å². The standard InChI is InChI=1S/C12H16N2O3S/c1-3-10-14(9(7-18-10)12(16)17)11(15)8-5-4-6-13(8)2/h4-6,9-10H,3,7H2,1-2H3,(H,16,17). The molecule has 0 aliphatic carbocycles. The number of hydrogen-bond donors (Lipinski definition) is 1. The van der Waals surface area contributed by atoms with Crippen molar-refractivity contribution in [2.75, 3.05) is 5.75 Å². The Labute approximate surface area is 110 Å². The van der Waals surface area contributed by atoms with Gasteiger partial charge in [0.05, 0.1) is 5.37 Å². The van der Waals surface area contributed by atoms with Crippen molar-refractivity contribution in [3.8, 4) is 0 Å². The van der Waals surface area contributed by atoms with Crippen molar-refractivity contribution in [3.05, 3.63) is 24.0 Å². The number of rotatable bonds is 3. The van der Waals surface area contributed by atoms with Crippen LogP contribution in [-0.4, -0.2) is 43.6 Å². The van der Waals surface area contributed by atoms with Crippen LogP contribution in [-0.2, 0) is 11.8 Å². The lowest BCUT2D eigenvalue weighted by Crippen LogP contribution is -2.45. The Balaban J connectivity index is 2.30.